The van der Waals surface area contributed by atoms with Crippen molar-refractivity contribution in [3.63, 3.8) is 0 Å². The summed E-state index contributed by atoms with van der Waals surface area (Å²) >= 11 is 0. The largest absolute Gasteiger partial charge is 0.378 e. The first-order chi connectivity index (χ1) is 11.7. The molecular formula is C17H19FN4O2. The quantitative estimate of drug-likeness (QED) is 0.904. The summed E-state index contributed by atoms with van der Waals surface area (Å²) in [5.74, 6) is 0.250. The van der Waals surface area contributed by atoms with Crippen molar-refractivity contribution in [2.75, 3.05) is 38.2 Å². The van der Waals surface area contributed by atoms with E-state index in [1.165, 1.54) is 18.5 Å². The molecule has 2 aromatic rings. The number of rotatable bonds is 5. The first kappa shape index (κ1) is 16.3. The van der Waals surface area contributed by atoms with Crippen molar-refractivity contribution in [1.82, 2.24) is 14.9 Å². The van der Waals surface area contributed by atoms with Gasteiger partial charge in [0.2, 0.25) is 0 Å². The summed E-state index contributed by atoms with van der Waals surface area (Å²) in [6.45, 7) is 2.90. The fourth-order valence-electron chi connectivity index (χ4n) is 2.49. The topological polar surface area (TPSA) is 67.4 Å². The number of morpholine rings is 1. The van der Waals surface area contributed by atoms with Crippen LogP contribution in [0.25, 0.3) is 0 Å². The molecule has 1 aliphatic rings. The summed E-state index contributed by atoms with van der Waals surface area (Å²) < 4.78 is 18.1. The molecule has 2 heterocycles. The maximum atomic E-state index is 12.9. The molecule has 1 aromatic carbocycles. The van der Waals surface area contributed by atoms with Crippen LogP contribution in [-0.2, 0) is 11.2 Å². The highest BCUT2D eigenvalue weighted by atomic mass is 19.1. The van der Waals surface area contributed by atoms with Crippen molar-refractivity contribution >= 4 is 11.7 Å². The number of nitrogens with one attached hydrogen (secondary N) is 1. The zero-order chi connectivity index (χ0) is 16.8. The number of amides is 1. The van der Waals surface area contributed by atoms with Gasteiger partial charge in [-0.3, -0.25) is 4.79 Å². The summed E-state index contributed by atoms with van der Waals surface area (Å²) in [5.41, 5.74) is 1.40. The molecule has 1 saturated heterocycles. The monoisotopic (exact) mass is 330 g/mol. The Bertz CT molecular complexity index is 687. The van der Waals surface area contributed by atoms with Gasteiger partial charge >= 0.3 is 0 Å². The minimum absolute atomic E-state index is 0.109. The van der Waals surface area contributed by atoms with E-state index < -0.39 is 0 Å². The molecular weight excluding hydrogens is 311 g/mol. The molecule has 6 nitrogen and oxygen atoms in total. The van der Waals surface area contributed by atoms with Gasteiger partial charge in [0.05, 0.1) is 13.2 Å². The number of carbonyl (C=O) groups is 1. The predicted octanol–water partition coefficient (Wildman–Crippen LogP) is 1.74. The van der Waals surface area contributed by atoms with E-state index in [1.54, 1.807) is 23.1 Å². The number of anilines is 1. The van der Waals surface area contributed by atoms with E-state index in [0.717, 1.165) is 12.0 Å². The number of aromatic nitrogens is 2. The normalized spacial score (nSPS) is 14.5. The van der Waals surface area contributed by atoms with E-state index in [1.807, 2.05) is 0 Å². The molecule has 1 fully saturated rings. The Kier molecular flexibility index (Phi) is 5.32. The molecule has 1 aromatic heterocycles. The van der Waals surface area contributed by atoms with Crippen LogP contribution in [0.1, 0.15) is 16.1 Å². The molecule has 3 rings (SSSR count). The van der Waals surface area contributed by atoms with Crippen LogP contribution in [0.3, 0.4) is 0 Å². The SMILES string of the molecule is O=C(c1cc(NCCc2ccc(F)cc2)ncn1)N1CCOCC1. The van der Waals surface area contributed by atoms with Crippen molar-refractivity contribution in [2.24, 2.45) is 0 Å². The number of nitrogens with zero attached hydrogens (tertiary/aromatic N) is 3. The summed E-state index contributed by atoms with van der Waals surface area (Å²) in [7, 11) is 0. The highest BCUT2D eigenvalue weighted by Gasteiger charge is 2.19. The van der Waals surface area contributed by atoms with Gasteiger partial charge in [-0.15, -0.1) is 0 Å². The van der Waals surface area contributed by atoms with Crippen molar-refractivity contribution in [3.05, 3.63) is 53.7 Å². The van der Waals surface area contributed by atoms with Crippen LogP contribution >= 0.6 is 0 Å². The standard InChI is InChI=1S/C17H19FN4O2/c18-14-3-1-13(2-4-14)5-6-19-16-11-15(20-12-21-16)17(23)22-7-9-24-10-8-22/h1-4,11-12H,5-10H2,(H,19,20,21). The minimum atomic E-state index is -0.242. The van der Waals surface area contributed by atoms with Crippen LogP contribution in [0.5, 0.6) is 0 Å². The smallest absolute Gasteiger partial charge is 0.272 e. The third-order valence-corrected chi connectivity index (χ3v) is 3.82. The third kappa shape index (κ3) is 4.26. The van der Waals surface area contributed by atoms with Crippen LogP contribution < -0.4 is 5.32 Å². The summed E-state index contributed by atoms with van der Waals surface area (Å²) in [4.78, 5) is 22.3. The average Bonchev–Trinajstić information content (AvgIpc) is 2.64. The lowest BCUT2D eigenvalue weighted by atomic mass is 10.1. The first-order valence-corrected chi connectivity index (χ1v) is 7.90. The molecule has 7 heteroatoms. The van der Waals surface area contributed by atoms with Crippen molar-refractivity contribution in [1.29, 1.82) is 0 Å². The molecule has 0 spiro atoms. The molecule has 1 N–H and O–H groups in total. The van der Waals surface area contributed by atoms with E-state index in [-0.39, 0.29) is 11.7 Å². The van der Waals surface area contributed by atoms with Gasteiger partial charge in [0.25, 0.3) is 5.91 Å². The zero-order valence-electron chi connectivity index (χ0n) is 13.2. The Morgan fingerprint density at radius 2 is 1.96 bits per heavy atom. The highest BCUT2D eigenvalue weighted by Crippen LogP contribution is 2.10. The van der Waals surface area contributed by atoms with Gasteiger partial charge in [-0.25, -0.2) is 14.4 Å². The van der Waals surface area contributed by atoms with Crippen molar-refractivity contribution in [2.45, 2.75) is 6.42 Å². The molecule has 0 bridgehead atoms. The van der Waals surface area contributed by atoms with Crippen molar-refractivity contribution < 1.29 is 13.9 Å². The molecule has 0 saturated carbocycles. The first-order valence-electron chi connectivity index (χ1n) is 7.90. The van der Waals surface area contributed by atoms with Crippen LogP contribution in [0, 0.1) is 5.82 Å². The fourth-order valence-corrected chi connectivity index (χ4v) is 2.49. The molecule has 0 unspecified atom stereocenters. The number of carbonyl (C=O) groups excluding carboxylic acids is 1. The summed E-state index contributed by atoms with van der Waals surface area (Å²) in [5, 5.41) is 3.17. The van der Waals surface area contributed by atoms with Crippen LogP contribution in [-0.4, -0.2) is 53.6 Å². The van der Waals surface area contributed by atoms with Gasteiger partial charge in [0, 0.05) is 25.7 Å². The van der Waals surface area contributed by atoms with Crippen LogP contribution in [0.4, 0.5) is 10.2 Å². The molecule has 1 amide bonds. The third-order valence-electron chi connectivity index (χ3n) is 3.82. The summed E-state index contributed by atoms with van der Waals surface area (Å²) in [6, 6.07) is 8.05. The second-order valence-corrected chi connectivity index (χ2v) is 5.50. The molecule has 0 aliphatic carbocycles. The fraction of sp³-hybridized carbons (Fsp3) is 0.353. The zero-order valence-corrected chi connectivity index (χ0v) is 13.2. The lowest BCUT2D eigenvalue weighted by molar-refractivity contribution is 0.0299. The van der Waals surface area contributed by atoms with Gasteiger partial charge in [-0.2, -0.15) is 0 Å². The number of halogens is 1. The van der Waals surface area contributed by atoms with E-state index in [0.29, 0.717) is 44.4 Å². The van der Waals surface area contributed by atoms with Gasteiger partial charge < -0.3 is 15.0 Å². The number of benzene rings is 1. The molecule has 0 atom stereocenters. The minimum Gasteiger partial charge on any atom is -0.378 e. The van der Waals surface area contributed by atoms with E-state index >= 15 is 0 Å². The van der Waals surface area contributed by atoms with Gasteiger partial charge in [0.1, 0.15) is 23.7 Å². The van der Waals surface area contributed by atoms with Crippen molar-refractivity contribution in [3.8, 4) is 0 Å². The Hall–Kier alpha value is -2.54. The van der Waals surface area contributed by atoms with Crippen LogP contribution in [0.2, 0.25) is 0 Å². The summed E-state index contributed by atoms with van der Waals surface area (Å²) in [6.07, 6.45) is 2.12. The lowest BCUT2D eigenvalue weighted by Crippen LogP contribution is -2.41. The Labute approximate surface area is 139 Å². The lowest BCUT2D eigenvalue weighted by Gasteiger charge is -2.26. The van der Waals surface area contributed by atoms with E-state index in [2.05, 4.69) is 15.3 Å². The van der Waals surface area contributed by atoms with E-state index in [9.17, 15) is 9.18 Å². The molecule has 126 valence electrons. The molecule has 1 aliphatic heterocycles. The highest BCUT2D eigenvalue weighted by molar-refractivity contribution is 5.92. The molecule has 24 heavy (non-hydrogen) atoms. The number of hydrogen-bond acceptors (Lipinski definition) is 5. The number of hydrogen-bond donors (Lipinski definition) is 1. The Morgan fingerprint density at radius 3 is 2.71 bits per heavy atom. The Morgan fingerprint density at radius 1 is 1.21 bits per heavy atom. The van der Waals surface area contributed by atoms with Crippen LogP contribution in [0.15, 0.2) is 36.7 Å². The van der Waals surface area contributed by atoms with Gasteiger partial charge in [-0.1, -0.05) is 12.1 Å². The number of ether oxygens (including phenoxy) is 1. The second-order valence-electron chi connectivity index (χ2n) is 5.50. The molecule has 0 radical (unpaired) electrons. The maximum absolute atomic E-state index is 12.9. The Balaban J connectivity index is 1.56. The van der Waals surface area contributed by atoms with Gasteiger partial charge in [-0.05, 0) is 24.1 Å². The van der Waals surface area contributed by atoms with Gasteiger partial charge in [0.15, 0.2) is 0 Å². The average molecular weight is 330 g/mol. The maximum Gasteiger partial charge on any atom is 0.272 e. The van der Waals surface area contributed by atoms with E-state index in [4.69, 9.17) is 4.74 Å². The second kappa shape index (κ2) is 7.83. The predicted molar refractivity (Wildman–Crippen MR) is 87.3 cm³/mol.